The van der Waals surface area contributed by atoms with Crippen LogP contribution in [0.3, 0.4) is 0 Å². The Hall–Kier alpha value is -1.05. The van der Waals surface area contributed by atoms with E-state index in [1.165, 1.54) is 0 Å². The summed E-state index contributed by atoms with van der Waals surface area (Å²) in [5.74, 6) is 0.785. The molecule has 0 radical (unpaired) electrons. The fraction of sp³-hybridized carbons (Fsp3) is 0.444. The molecule has 0 amide bonds. The predicted octanol–water partition coefficient (Wildman–Crippen LogP) is 2.39. The fourth-order valence-electron chi connectivity index (χ4n) is 0.600. The Kier molecular flexibility index (Phi) is 4.27. The van der Waals surface area contributed by atoms with Crippen LogP contribution in [0.2, 0.25) is 0 Å². The lowest BCUT2D eigenvalue weighted by atomic mass is 10.1. The largest absolute Gasteiger partial charge is 0.481 e. The molecule has 2 nitrogen and oxygen atoms in total. The van der Waals surface area contributed by atoms with Gasteiger partial charge in [-0.3, -0.25) is 0 Å². The average Bonchev–Trinajstić information content (AvgIpc) is 1.99. The molecule has 0 spiro atoms. The van der Waals surface area contributed by atoms with Crippen molar-refractivity contribution >= 4 is 5.71 Å². The number of aliphatic imine (C=N–C) groups is 1. The van der Waals surface area contributed by atoms with Gasteiger partial charge in [0, 0.05) is 5.71 Å². The molecule has 2 heteroatoms. The number of nitrogens with zero attached hydrogens (tertiary/aromatic N) is 1. The summed E-state index contributed by atoms with van der Waals surface area (Å²) in [7, 11) is 1.55. The maximum atomic E-state index is 4.80. The van der Waals surface area contributed by atoms with E-state index in [-0.39, 0.29) is 0 Å². The summed E-state index contributed by atoms with van der Waals surface area (Å²) < 4.78 is 4.80. The third kappa shape index (κ3) is 3.61. The summed E-state index contributed by atoms with van der Waals surface area (Å²) >= 11 is 0. The van der Waals surface area contributed by atoms with Crippen LogP contribution in [-0.2, 0) is 4.74 Å². The topological polar surface area (TPSA) is 21.6 Å². The van der Waals surface area contributed by atoms with Gasteiger partial charge < -0.3 is 4.74 Å². The second-order valence-electron chi connectivity index (χ2n) is 2.49. The first-order valence-corrected chi connectivity index (χ1v) is 3.55. The van der Waals surface area contributed by atoms with Gasteiger partial charge in [0.25, 0.3) is 0 Å². The third-order valence-electron chi connectivity index (χ3n) is 1.29. The quantitative estimate of drug-likeness (QED) is 0.449. The van der Waals surface area contributed by atoms with Gasteiger partial charge in [0.1, 0.15) is 0 Å². The molecule has 0 saturated carbocycles. The lowest BCUT2D eigenvalue weighted by molar-refractivity contribution is 0.290. The molecule has 0 aromatic rings. The van der Waals surface area contributed by atoms with E-state index in [2.05, 4.69) is 18.2 Å². The maximum absolute atomic E-state index is 4.80. The lowest BCUT2D eigenvalue weighted by Gasteiger charge is -2.04. The molecule has 0 bridgehead atoms. The molecule has 0 aliphatic rings. The Balaban J connectivity index is 4.35. The Labute approximate surface area is 68.3 Å². The number of rotatable bonds is 4. The molecule has 0 unspecified atom stereocenters. The van der Waals surface area contributed by atoms with Gasteiger partial charge in [-0.25, -0.2) is 4.99 Å². The number of methoxy groups -OCH3 is 1. The number of hydrogen-bond acceptors (Lipinski definition) is 2. The molecule has 11 heavy (non-hydrogen) atoms. The molecular formula is C9H15NO. The zero-order chi connectivity index (χ0) is 8.85. The van der Waals surface area contributed by atoms with Crippen LogP contribution in [0.25, 0.3) is 0 Å². The van der Waals surface area contributed by atoms with E-state index < -0.39 is 0 Å². The molecule has 0 rings (SSSR count). The Bertz CT molecular complexity index is 180. The van der Waals surface area contributed by atoms with Gasteiger partial charge in [0.15, 0.2) is 0 Å². The summed E-state index contributed by atoms with van der Waals surface area (Å²) in [6.45, 7) is 11.3. The van der Waals surface area contributed by atoms with Gasteiger partial charge in [-0.15, -0.1) is 0 Å². The zero-order valence-corrected chi connectivity index (χ0v) is 7.42. The first kappa shape index (κ1) is 9.95. The molecule has 0 heterocycles. The molecule has 0 N–H and O–H groups in total. The summed E-state index contributed by atoms with van der Waals surface area (Å²) in [4.78, 5) is 4.09. The molecule has 0 fully saturated rings. The average molecular weight is 153 g/mol. The monoisotopic (exact) mass is 153 g/mol. The second kappa shape index (κ2) is 4.72. The number of ether oxygens (including phenoxy) is 1. The van der Waals surface area contributed by atoms with E-state index in [1.54, 1.807) is 13.2 Å². The Morgan fingerprint density at radius 1 is 1.55 bits per heavy atom. The minimum atomic E-state index is 0.361. The molecular weight excluding hydrogens is 138 g/mol. The number of hydrogen-bond donors (Lipinski definition) is 0. The smallest absolute Gasteiger partial charge is 0.205 e. The minimum Gasteiger partial charge on any atom is -0.481 e. The predicted molar refractivity (Wildman–Crippen MR) is 48.6 cm³/mol. The molecule has 0 aliphatic carbocycles. The van der Waals surface area contributed by atoms with Gasteiger partial charge in [0.05, 0.1) is 7.11 Å². The van der Waals surface area contributed by atoms with Crippen LogP contribution in [0.1, 0.15) is 13.8 Å². The summed E-state index contributed by atoms with van der Waals surface area (Å²) in [6, 6.07) is 0. The standard InChI is InChI=1S/C9H15NO/c1-6-9(7(2)3)10-8(4)11-5/h6-7H,1,4H2,2-3,5H3/b10-9+. The second-order valence-corrected chi connectivity index (χ2v) is 2.49. The summed E-state index contributed by atoms with van der Waals surface area (Å²) in [5, 5.41) is 0. The highest BCUT2D eigenvalue weighted by Gasteiger charge is 2.00. The van der Waals surface area contributed by atoms with Crippen molar-refractivity contribution in [3.05, 3.63) is 25.1 Å². The lowest BCUT2D eigenvalue weighted by Crippen LogP contribution is -2.03. The Morgan fingerprint density at radius 2 is 2.09 bits per heavy atom. The number of allylic oxidation sites excluding steroid dienone is 1. The van der Waals surface area contributed by atoms with Crippen LogP contribution in [-0.4, -0.2) is 12.8 Å². The van der Waals surface area contributed by atoms with E-state index in [0.717, 1.165) is 5.71 Å². The van der Waals surface area contributed by atoms with E-state index in [9.17, 15) is 0 Å². The van der Waals surface area contributed by atoms with Crippen LogP contribution in [0.15, 0.2) is 30.1 Å². The third-order valence-corrected chi connectivity index (χ3v) is 1.29. The highest BCUT2D eigenvalue weighted by molar-refractivity contribution is 5.96. The van der Waals surface area contributed by atoms with E-state index in [4.69, 9.17) is 4.74 Å². The van der Waals surface area contributed by atoms with Crippen molar-refractivity contribution in [2.24, 2.45) is 10.9 Å². The van der Waals surface area contributed by atoms with E-state index in [0.29, 0.717) is 11.8 Å². The van der Waals surface area contributed by atoms with Crippen LogP contribution in [0.4, 0.5) is 0 Å². The van der Waals surface area contributed by atoms with Crippen LogP contribution in [0.5, 0.6) is 0 Å². The van der Waals surface area contributed by atoms with Gasteiger partial charge in [-0.2, -0.15) is 0 Å². The zero-order valence-electron chi connectivity index (χ0n) is 7.42. The molecule has 0 aromatic carbocycles. The first-order chi connectivity index (χ1) is 5.11. The van der Waals surface area contributed by atoms with Crippen molar-refractivity contribution in [3.63, 3.8) is 0 Å². The van der Waals surface area contributed by atoms with Crippen molar-refractivity contribution in [3.8, 4) is 0 Å². The maximum Gasteiger partial charge on any atom is 0.205 e. The minimum absolute atomic E-state index is 0.361. The normalized spacial score (nSPS) is 11.5. The van der Waals surface area contributed by atoms with E-state index in [1.807, 2.05) is 13.8 Å². The highest BCUT2D eigenvalue weighted by Crippen LogP contribution is 2.02. The molecule has 0 aliphatic heterocycles. The van der Waals surface area contributed by atoms with Gasteiger partial charge in [-0.1, -0.05) is 20.4 Å². The SMILES string of the molecule is C=C/C(=N\C(=C)OC)C(C)C. The summed E-state index contributed by atoms with van der Waals surface area (Å²) in [6.07, 6.45) is 1.72. The summed E-state index contributed by atoms with van der Waals surface area (Å²) in [5.41, 5.74) is 0.900. The van der Waals surface area contributed by atoms with Gasteiger partial charge in [0.2, 0.25) is 5.88 Å². The molecule has 62 valence electrons. The van der Waals surface area contributed by atoms with Crippen molar-refractivity contribution in [1.82, 2.24) is 0 Å². The van der Waals surface area contributed by atoms with Crippen LogP contribution >= 0.6 is 0 Å². The van der Waals surface area contributed by atoms with Gasteiger partial charge in [-0.05, 0) is 18.6 Å². The van der Waals surface area contributed by atoms with Crippen molar-refractivity contribution in [2.45, 2.75) is 13.8 Å². The van der Waals surface area contributed by atoms with Gasteiger partial charge >= 0.3 is 0 Å². The highest BCUT2D eigenvalue weighted by atomic mass is 16.5. The molecule has 0 atom stereocenters. The van der Waals surface area contributed by atoms with Crippen LogP contribution in [0, 0.1) is 5.92 Å². The fourth-order valence-corrected chi connectivity index (χ4v) is 0.600. The first-order valence-electron chi connectivity index (χ1n) is 3.55. The van der Waals surface area contributed by atoms with E-state index >= 15 is 0 Å². The van der Waals surface area contributed by atoms with Crippen LogP contribution < -0.4 is 0 Å². The van der Waals surface area contributed by atoms with Crippen molar-refractivity contribution in [1.29, 1.82) is 0 Å². The molecule has 0 saturated heterocycles. The Morgan fingerprint density at radius 3 is 2.36 bits per heavy atom. The van der Waals surface area contributed by atoms with Crippen molar-refractivity contribution < 1.29 is 4.74 Å². The molecule has 0 aromatic heterocycles. The van der Waals surface area contributed by atoms with Crippen molar-refractivity contribution in [2.75, 3.05) is 7.11 Å².